The summed E-state index contributed by atoms with van der Waals surface area (Å²) in [7, 11) is -1.26. The van der Waals surface area contributed by atoms with Gasteiger partial charge in [-0.1, -0.05) is 0 Å². The van der Waals surface area contributed by atoms with Gasteiger partial charge in [-0.2, -0.15) is 4.31 Å². The number of hydrogen-bond donors (Lipinski definition) is 2. The van der Waals surface area contributed by atoms with E-state index in [1.807, 2.05) is 0 Å². The molecule has 2 aromatic carbocycles. The molecule has 38 heavy (non-hydrogen) atoms. The normalized spacial score (nSPS) is 22.3. The Morgan fingerprint density at radius 1 is 1.03 bits per heavy atom. The second-order valence-electron chi connectivity index (χ2n) is 9.54. The van der Waals surface area contributed by atoms with E-state index in [2.05, 4.69) is 10.6 Å². The molecule has 11 nitrogen and oxygen atoms in total. The van der Waals surface area contributed by atoms with Crippen LogP contribution in [0.2, 0.25) is 0 Å². The molecule has 1 atom stereocenters. The number of amides is 4. The molecule has 5 rings (SSSR count). The highest BCUT2D eigenvalue weighted by Crippen LogP contribution is 2.36. The maximum absolute atomic E-state index is 14.6. The van der Waals surface area contributed by atoms with Gasteiger partial charge in [0.25, 0.3) is 11.8 Å². The molecule has 0 radical (unpaired) electrons. The molecule has 4 amide bonds. The van der Waals surface area contributed by atoms with E-state index < -0.39 is 44.1 Å². The summed E-state index contributed by atoms with van der Waals surface area (Å²) < 4.78 is 52.2. The zero-order valence-electron chi connectivity index (χ0n) is 20.8. The number of hydrogen-bond acceptors (Lipinski definition) is 7. The summed E-state index contributed by atoms with van der Waals surface area (Å²) in [5.74, 6) is -1.43. The van der Waals surface area contributed by atoms with Crippen LogP contribution in [0.25, 0.3) is 0 Å². The van der Waals surface area contributed by atoms with E-state index in [0.29, 0.717) is 11.3 Å². The fraction of sp³-hybridized carbons (Fsp3) is 0.400. The van der Waals surface area contributed by atoms with Crippen LogP contribution in [-0.2, 0) is 21.4 Å². The molecule has 2 fully saturated rings. The maximum Gasteiger partial charge on any atom is 0.322 e. The largest absolute Gasteiger partial charge is 0.497 e. The van der Waals surface area contributed by atoms with E-state index in [1.54, 1.807) is 18.2 Å². The molecule has 0 aromatic heterocycles. The first kappa shape index (κ1) is 25.9. The van der Waals surface area contributed by atoms with Crippen LogP contribution in [0.15, 0.2) is 41.3 Å². The van der Waals surface area contributed by atoms with Crippen molar-refractivity contribution in [3.8, 4) is 11.5 Å². The Balaban J connectivity index is 1.35. The summed E-state index contributed by atoms with van der Waals surface area (Å²) >= 11 is 0. The number of sulfonamides is 1. The Kier molecular flexibility index (Phi) is 6.51. The van der Waals surface area contributed by atoms with E-state index >= 15 is 0 Å². The smallest absolute Gasteiger partial charge is 0.322 e. The number of carbonyl (C=O) groups excluding carboxylic acids is 3. The summed E-state index contributed by atoms with van der Waals surface area (Å²) in [6, 6.07) is 7.98. The molecular weight excluding hydrogens is 519 g/mol. The Morgan fingerprint density at radius 2 is 1.68 bits per heavy atom. The van der Waals surface area contributed by atoms with Crippen molar-refractivity contribution in [3.63, 3.8) is 0 Å². The van der Waals surface area contributed by atoms with Crippen LogP contribution < -0.4 is 20.1 Å². The number of piperidine rings is 1. The average molecular weight is 547 g/mol. The summed E-state index contributed by atoms with van der Waals surface area (Å²) in [5, 5.41) is 5.01. The molecule has 2 saturated heterocycles. The fourth-order valence-corrected chi connectivity index (χ4v) is 7.01. The first-order valence-electron chi connectivity index (χ1n) is 12.0. The predicted molar refractivity (Wildman–Crippen MR) is 132 cm³/mol. The summed E-state index contributed by atoms with van der Waals surface area (Å²) in [4.78, 5) is 39.5. The molecule has 13 heteroatoms. The SMILES string of the molecule is COc1ccc(S(=O)(=O)N2CCC(C3(CN4Cc5cc(OC)ccc5C4=O)NC(=O)NC3=O)CC2)c(F)c1. The van der Waals surface area contributed by atoms with Crippen molar-refractivity contribution in [3.05, 3.63) is 53.3 Å². The highest BCUT2D eigenvalue weighted by molar-refractivity contribution is 7.89. The molecule has 2 aromatic rings. The number of rotatable bonds is 7. The van der Waals surface area contributed by atoms with Crippen molar-refractivity contribution in [2.24, 2.45) is 5.92 Å². The van der Waals surface area contributed by atoms with Crippen molar-refractivity contribution in [2.45, 2.75) is 29.8 Å². The Bertz CT molecular complexity index is 1420. The lowest BCUT2D eigenvalue weighted by Crippen LogP contribution is -2.62. The monoisotopic (exact) mass is 546 g/mol. The number of nitrogens with zero attached hydrogens (tertiary/aromatic N) is 2. The highest BCUT2D eigenvalue weighted by atomic mass is 32.2. The van der Waals surface area contributed by atoms with Gasteiger partial charge in [0.1, 0.15) is 27.8 Å². The molecular formula is C25H27FN4O7S. The van der Waals surface area contributed by atoms with Crippen molar-refractivity contribution in [1.82, 2.24) is 19.8 Å². The predicted octanol–water partition coefficient (Wildman–Crippen LogP) is 1.48. The van der Waals surface area contributed by atoms with Gasteiger partial charge in [-0.15, -0.1) is 0 Å². The lowest BCUT2D eigenvalue weighted by molar-refractivity contribution is -0.127. The van der Waals surface area contributed by atoms with Crippen molar-refractivity contribution < 1.29 is 36.7 Å². The number of methoxy groups -OCH3 is 2. The Hall–Kier alpha value is -3.71. The lowest BCUT2D eigenvalue weighted by atomic mass is 9.77. The van der Waals surface area contributed by atoms with Gasteiger partial charge >= 0.3 is 6.03 Å². The Labute approximate surface area is 218 Å². The summed E-state index contributed by atoms with van der Waals surface area (Å²) in [6.07, 6.45) is 0.432. The third-order valence-corrected chi connectivity index (χ3v) is 9.44. The second-order valence-corrected chi connectivity index (χ2v) is 11.4. The molecule has 3 heterocycles. The lowest BCUT2D eigenvalue weighted by Gasteiger charge is -2.41. The molecule has 0 spiro atoms. The molecule has 3 aliphatic rings. The van der Waals surface area contributed by atoms with Crippen LogP contribution in [0.5, 0.6) is 11.5 Å². The average Bonchev–Trinajstić information content (AvgIpc) is 3.37. The third kappa shape index (κ3) is 4.25. The zero-order chi connectivity index (χ0) is 27.2. The van der Waals surface area contributed by atoms with Crippen LogP contribution in [0.4, 0.5) is 9.18 Å². The maximum atomic E-state index is 14.6. The topological polar surface area (TPSA) is 134 Å². The second kappa shape index (κ2) is 9.55. The van der Waals surface area contributed by atoms with E-state index in [9.17, 15) is 27.2 Å². The van der Waals surface area contributed by atoms with Crippen LogP contribution in [-0.4, -0.2) is 74.9 Å². The number of ether oxygens (including phenoxy) is 2. The van der Waals surface area contributed by atoms with E-state index in [1.165, 1.54) is 29.5 Å². The van der Waals surface area contributed by atoms with E-state index in [4.69, 9.17) is 9.47 Å². The number of urea groups is 1. The molecule has 202 valence electrons. The van der Waals surface area contributed by atoms with Gasteiger partial charge < -0.3 is 19.7 Å². The van der Waals surface area contributed by atoms with Crippen molar-refractivity contribution in [1.29, 1.82) is 0 Å². The van der Waals surface area contributed by atoms with E-state index in [-0.39, 0.29) is 50.7 Å². The van der Waals surface area contributed by atoms with Crippen LogP contribution >= 0.6 is 0 Å². The number of carbonyl (C=O) groups is 3. The zero-order valence-corrected chi connectivity index (χ0v) is 21.6. The number of halogens is 1. The minimum absolute atomic E-state index is 0.00867. The van der Waals surface area contributed by atoms with Gasteiger partial charge in [-0.3, -0.25) is 14.9 Å². The molecule has 0 bridgehead atoms. The molecule has 2 N–H and O–H groups in total. The minimum Gasteiger partial charge on any atom is -0.497 e. The van der Waals surface area contributed by atoms with Gasteiger partial charge in [0.2, 0.25) is 10.0 Å². The van der Waals surface area contributed by atoms with Gasteiger partial charge in [0.05, 0.1) is 20.8 Å². The number of benzene rings is 2. The van der Waals surface area contributed by atoms with Crippen LogP contribution in [0.3, 0.4) is 0 Å². The quantitative estimate of drug-likeness (QED) is 0.503. The first-order chi connectivity index (χ1) is 18.1. The van der Waals surface area contributed by atoms with Crippen molar-refractivity contribution >= 4 is 27.9 Å². The fourth-order valence-electron chi connectivity index (χ4n) is 5.49. The van der Waals surface area contributed by atoms with Gasteiger partial charge in [0, 0.05) is 31.3 Å². The van der Waals surface area contributed by atoms with Gasteiger partial charge in [0.15, 0.2) is 0 Å². The summed E-state index contributed by atoms with van der Waals surface area (Å²) in [6.45, 7) is 0.175. The third-order valence-electron chi connectivity index (χ3n) is 7.51. The molecule has 0 saturated carbocycles. The van der Waals surface area contributed by atoms with E-state index in [0.717, 1.165) is 17.7 Å². The first-order valence-corrected chi connectivity index (χ1v) is 13.5. The van der Waals surface area contributed by atoms with Crippen LogP contribution in [0, 0.1) is 11.7 Å². The number of imide groups is 1. The molecule has 1 unspecified atom stereocenters. The van der Waals surface area contributed by atoms with Gasteiger partial charge in [-0.05, 0) is 54.7 Å². The van der Waals surface area contributed by atoms with Crippen LogP contribution in [0.1, 0.15) is 28.8 Å². The van der Waals surface area contributed by atoms with Crippen molar-refractivity contribution in [2.75, 3.05) is 33.9 Å². The van der Waals surface area contributed by atoms with Gasteiger partial charge in [-0.25, -0.2) is 17.6 Å². The standard InChI is InChI=1S/C25H27FN4O7S/c1-36-17-3-5-19-15(11-17)13-29(22(19)31)14-25(23(32)27-24(33)28-25)16-7-9-30(10-8-16)38(34,35)21-6-4-18(37-2)12-20(21)26/h3-6,11-12,16H,7-10,13-14H2,1-2H3,(H2,27,28,32,33). The summed E-state index contributed by atoms with van der Waals surface area (Å²) in [5.41, 5.74) is -0.190. The molecule has 3 aliphatic heterocycles. The molecule has 0 aliphatic carbocycles. The minimum atomic E-state index is -4.14. The number of fused-ring (bicyclic) bond motifs is 1. The highest BCUT2D eigenvalue weighted by Gasteiger charge is 2.55. The Morgan fingerprint density at radius 3 is 2.29 bits per heavy atom. The number of nitrogens with one attached hydrogen (secondary N) is 2.